The average molecular weight is 539 g/mol. The van der Waals surface area contributed by atoms with Gasteiger partial charge in [0.25, 0.3) is 5.91 Å². The van der Waals surface area contributed by atoms with Crippen LogP contribution >= 0.6 is 23.2 Å². The van der Waals surface area contributed by atoms with Gasteiger partial charge in [-0.3, -0.25) is 4.79 Å². The highest BCUT2D eigenvalue weighted by Gasteiger charge is 2.48. The zero-order chi connectivity index (χ0) is 25.4. The number of allylic oxidation sites excluding steroid dienone is 1. The molecule has 0 saturated heterocycles. The van der Waals surface area contributed by atoms with Crippen molar-refractivity contribution in [2.24, 2.45) is 29.6 Å². The predicted molar refractivity (Wildman–Crippen MR) is 132 cm³/mol. The van der Waals surface area contributed by atoms with Gasteiger partial charge in [0.15, 0.2) is 5.69 Å². The van der Waals surface area contributed by atoms with Gasteiger partial charge in [0, 0.05) is 18.3 Å². The standard InChI is InChI=1S/C26H27Cl2F3N4O/c1-12-23(25(36)32-11-18-16-5-13-4-14(7-16)8-17(18)6-13)24(15-2-3-19(27)20(28)9-15)35-22(33-12)10-21(34-35)26(29,30)31/h2-3,9-10,13-14,16-18,24,33H,4-8,11H2,1H3,(H,32,36). The van der Waals surface area contributed by atoms with E-state index in [-0.39, 0.29) is 16.7 Å². The number of halogens is 5. The lowest BCUT2D eigenvalue weighted by molar-refractivity contribution is -0.141. The SMILES string of the molecule is CC1=C(C(=O)NCC2C3CC4CC(C3)CC2C4)C(c2ccc(Cl)c(Cl)c2)n2nc(C(F)(F)F)cc2N1. The number of nitrogens with one attached hydrogen (secondary N) is 2. The van der Waals surface area contributed by atoms with Crippen molar-refractivity contribution < 1.29 is 18.0 Å². The average Bonchev–Trinajstić information content (AvgIpc) is 3.23. The Morgan fingerprint density at radius 3 is 2.36 bits per heavy atom. The summed E-state index contributed by atoms with van der Waals surface area (Å²) in [4.78, 5) is 13.7. The van der Waals surface area contributed by atoms with Crippen LogP contribution in [0.25, 0.3) is 0 Å². The molecule has 1 amide bonds. The summed E-state index contributed by atoms with van der Waals surface area (Å²) in [5.41, 5.74) is 0.303. The summed E-state index contributed by atoms with van der Waals surface area (Å²) in [6.07, 6.45) is 1.74. The van der Waals surface area contributed by atoms with Gasteiger partial charge >= 0.3 is 6.18 Å². The molecule has 1 atom stereocenters. The number of benzene rings is 1. The Balaban J connectivity index is 1.31. The Bertz CT molecular complexity index is 1230. The van der Waals surface area contributed by atoms with E-state index in [0.29, 0.717) is 46.2 Å². The Labute approximate surface area is 217 Å². The van der Waals surface area contributed by atoms with Crippen LogP contribution in [0, 0.1) is 29.6 Å². The number of hydrogen-bond donors (Lipinski definition) is 2. The van der Waals surface area contributed by atoms with Gasteiger partial charge in [0.2, 0.25) is 0 Å². The van der Waals surface area contributed by atoms with Crippen LogP contribution < -0.4 is 10.6 Å². The fraction of sp³-hybridized carbons (Fsp3) is 0.538. The Morgan fingerprint density at radius 1 is 1.08 bits per heavy atom. The number of rotatable bonds is 4. The van der Waals surface area contributed by atoms with E-state index in [0.717, 1.165) is 17.9 Å². The minimum Gasteiger partial charge on any atom is -0.352 e. The molecule has 10 heteroatoms. The quantitative estimate of drug-likeness (QED) is 0.456. The summed E-state index contributed by atoms with van der Waals surface area (Å²) in [5, 5.41) is 10.5. The van der Waals surface area contributed by atoms with Crippen molar-refractivity contribution in [3.63, 3.8) is 0 Å². The molecule has 4 saturated carbocycles. The van der Waals surface area contributed by atoms with Crippen molar-refractivity contribution >= 4 is 34.9 Å². The maximum absolute atomic E-state index is 13.7. The van der Waals surface area contributed by atoms with Crippen LogP contribution in [0.3, 0.4) is 0 Å². The highest BCUT2D eigenvalue weighted by Crippen LogP contribution is 2.56. The van der Waals surface area contributed by atoms with Crippen LogP contribution in [0.1, 0.15) is 56.3 Å². The van der Waals surface area contributed by atoms with Crippen molar-refractivity contribution in [3.05, 3.63) is 56.8 Å². The van der Waals surface area contributed by atoms with Crippen LogP contribution in [-0.4, -0.2) is 22.2 Å². The van der Waals surface area contributed by atoms with Gasteiger partial charge in [-0.25, -0.2) is 4.68 Å². The topological polar surface area (TPSA) is 59.0 Å². The highest BCUT2D eigenvalue weighted by atomic mass is 35.5. The number of alkyl halides is 3. The molecule has 36 heavy (non-hydrogen) atoms. The molecule has 0 spiro atoms. The molecule has 5 aliphatic rings. The van der Waals surface area contributed by atoms with Gasteiger partial charge in [-0.05, 0) is 86.3 Å². The van der Waals surface area contributed by atoms with E-state index in [1.54, 1.807) is 25.1 Å². The van der Waals surface area contributed by atoms with E-state index < -0.39 is 17.9 Å². The summed E-state index contributed by atoms with van der Waals surface area (Å²) >= 11 is 12.4. The number of hydrogen-bond acceptors (Lipinski definition) is 3. The summed E-state index contributed by atoms with van der Waals surface area (Å²) in [5.74, 6) is 3.30. The molecule has 1 aromatic heterocycles. The molecule has 0 radical (unpaired) electrons. The van der Waals surface area contributed by atoms with Crippen molar-refractivity contribution in [1.82, 2.24) is 15.1 Å². The van der Waals surface area contributed by atoms with Gasteiger partial charge in [-0.2, -0.15) is 18.3 Å². The summed E-state index contributed by atoms with van der Waals surface area (Å²) in [7, 11) is 0. The van der Waals surface area contributed by atoms with E-state index in [9.17, 15) is 18.0 Å². The Hall–Kier alpha value is -2.19. The second kappa shape index (κ2) is 8.69. The van der Waals surface area contributed by atoms with Gasteiger partial charge in [0.1, 0.15) is 11.9 Å². The number of anilines is 1. The van der Waals surface area contributed by atoms with Crippen LogP contribution in [-0.2, 0) is 11.0 Å². The van der Waals surface area contributed by atoms with Gasteiger partial charge in [-0.1, -0.05) is 29.3 Å². The van der Waals surface area contributed by atoms with Crippen LogP contribution in [0.15, 0.2) is 35.5 Å². The first-order valence-electron chi connectivity index (χ1n) is 12.5. The maximum Gasteiger partial charge on any atom is 0.435 e. The number of carbonyl (C=O) groups excluding carboxylic acids is 1. The van der Waals surface area contributed by atoms with Gasteiger partial charge in [-0.15, -0.1) is 0 Å². The van der Waals surface area contributed by atoms with Crippen LogP contribution in [0.5, 0.6) is 0 Å². The minimum atomic E-state index is -4.62. The number of fused-ring (bicyclic) bond motifs is 1. The second-order valence-electron chi connectivity index (χ2n) is 10.9. The molecule has 2 aromatic rings. The number of carbonyl (C=O) groups is 1. The molecule has 5 nitrogen and oxygen atoms in total. The van der Waals surface area contributed by atoms with E-state index in [1.807, 2.05) is 0 Å². The zero-order valence-corrected chi connectivity index (χ0v) is 21.2. The number of amides is 1. The highest BCUT2D eigenvalue weighted by molar-refractivity contribution is 6.42. The molecule has 4 aliphatic carbocycles. The van der Waals surface area contributed by atoms with Gasteiger partial charge < -0.3 is 10.6 Å². The van der Waals surface area contributed by atoms with Crippen molar-refractivity contribution in [3.8, 4) is 0 Å². The fourth-order valence-electron chi connectivity index (χ4n) is 7.37. The van der Waals surface area contributed by atoms with Crippen LogP contribution in [0.4, 0.5) is 19.0 Å². The van der Waals surface area contributed by atoms with E-state index in [2.05, 4.69) is 15.7 Å². The third-order valence-corrected chi connectivity index (χ3v) is 9.43. The molecule has 7 rings (SSSR count). The third kappa shape index (κ3) is 4.10. The first kappa shape index (κ1) is 24.2. The first-order valence-corrected chi connectivity index (χ1v) is 13.2. The van der Waals surface area contributed by atoms with Crippen molar-refractivity contribution in [1.29, 1.82) is 0 Å². The molecule has 1 unspecified atom stereocenters. The minimum absolute atomic E-state index is 0.161. The molecular formula is C26H27Cl2F3N4O. The van der Waals surface area contributed by atoms with Crippen LogP contribution in [0.2, 0.25) is 10.0 Å². The predicted octanol–water partition coefficient (Wildman–Crippen LogP) is 6.69. The van der Waals surface area contributed by atoms with E-state index in [1.165, 1.54) is 36.8 Å². The lowest BCUT2D eigenvalue weighted by Crippen LogP contribution is -2.49. The second-order valence-corrected chi connectivity index (χ2v) is 11.7. The van der Waals surface area contributed by atoms with Crippen molar-refractivity contribution in [2.45, 2.75) is 51.2 Å². The van der Waals surface area contributed by atoms with Crippen molar-refractivity contribution in [2.75, 3.05) is 11.9 Å². The maximum atomic E-state index is 13.7. The van der Waals surface area contributed by atoms with E-state index >= 15 is 0 Å². The summed E-state index contributed by atoms with van der Waals surface area (Å²) in [6.45, 7) is 2.28. The fourth-order valence-corrected chi connectivity index (χ4v) is 7.68. The molecule has 4 fully saturated rings. The molecule has 1 aromatic carbocycles. The summed E-state index contributed by atoms with van der Waals surface area (Å²) in [6, 6.07) is 4.90. The lowest BCUT2D eigenvalue weighted by atomic mass is 9.52. The molecule has 1 aliphatic heterocycles. The van der Waals surface area contributed by atoms with E-state index in [4.69, 9.17) is 23.2 Å². The first-order chi connectivity index (χ1) is 17.1. The Morgan fingerprint density at radius 2 is 1.75 bits per heavy atom. The molecule has 192 valence electrons. The number of aromatic nitrogens is 2. The largest absolute Gasteiger partial charge is 0.435 e. The third-order valence-electron chi connectivity index (χ3n) is 8.69. The normalized spacial score (nSPS) is 30.8. The smallest absolute Gasteiger partial charge is 0.352 e. The summed E-state index contributed by atoms with van der Waals surface area (Å²) < 4.78 is 41.7. The lowest BCUT2D eigenvalue weighted by Gasteiger charge is -2.54. The monoisotopic (exact) mass is 538 g/mol. The van der Waals surface area contributed by atoms with Gasteiger partial charge in [0.05, 0.1) is 15.6 Å². The molecule has 4 bridgehead atoms. The molecular weight excluding hydrogens is 512 g/mol. The number of nitrogens with zero attached hydrogens (tertiary/aromatic N) is 2. The molecule has 2 heterocycles. The molecule has 2 N–H and O–H groups in total. The Kier molecular flexibility index (Phi) is 5.83. The zero-order valence-electron chi connectivity index (χ0n) is 19.7.